The second kappa shape index (κ2) is 6.13. The molecule has 3 rings (SSSR count). The Bertz CT molecular complexity index is 703. The number of fused-ring (bicyclic) bond motifs is 1. The van der Waals surface area contributed by atoms with Crippen LogP contribution >= 0.6 is 8.25 Å². The number of aliphatic imine (C=N–C) groups is 1. The molecule has 12 heteroatoms. The van der Waals surface area contributed by atoms with Crippen LogP contribution in [0.5, 0.6) is 0 Å². The predicted octanol–water partition coefficient (Wildman–Crippen LogP) is -0.929. The second-order valence-corrected chi connectivity index (χ2v) is 5.62. The Labute approximate surface area is 130 Å². The highest BCUT2D eigenvalue weighted by Crippen LogP contribution is 2.35. The van der Waals surface area contributed by atoms with Gasteiger partial charge in [-0.1, -0.05) is 0 Å². The number of guanidine groups is 1. The molecule has 1 aromatic heterocycles. The van der Waals surface area contributed by atoms with Gasteiger partial charge in [0.15, 0.2) is 18.0 Å². The summed E-state index contributed by atoms with van der Waals surface area (Å²) in [5, 5.41) is 2.81. The van der Waals surface area contributed by atoms with Gasteiger partial charge >= 0.3 is 8.25 Å². The van der Waals surface area contributed by atoms with Crippen LogP contribution in [0.4, 0.5) is 5.82 Å². The van der Waals surface area contributed by atoms with E-state index < -0.39 is 38.9 Å². The highest BCUT2D eigenvalue weighted by molar-refractivity contribution is 7.32. The zero-order valence-electron chi connectivity index (χ0n) is 11.7. The van der Waals surface area contributed by atoms with E-state index in [9.17, 15) is 14.2 Å². The van der Waals surface area contributed by atoms with Crippen molar-refractivity contribution in [2.24, 2.45) is 16.6 Å². The number of aromatic nitrogens is 2. The third kappa shape index (κ3) is 2.86. The molecule has 4 unspecified atom stereocenters. The summed E-state index contributed by atoms with van der Waals surface area (Å²) in [6.07, 6.45) is -0.178. The van der Waals surface area contributed by atoms with E-state index in [1.54, 1.807) is 0 Å². The molecule has 4 N–H and O–H groups in total. The van der Waals surface area contributed by atoms with E-state index in [2.05, 4.69) is 19.8 Å². The van der Waals surface area contributed by atoms with Gasteiger partial charge in [0, 0.05) is 4.57 Å². The van der Waals surface area contributed by atoms with Crippen LogP contribution in [0.1, 0.15) is 11.9 Å². The summed E-state index contributed by atoms with van der Waals surface area (Å²) in [4.78, 5) is 40.2. The summed E-state index contributed by atoms with van der Waals surface area (Å²) in [5.74, 6) is -0.942. The number of nitrogens with two attached hydrogens (primary N) is 1. The number of hydrogen-bond donors (Lipinski definition) is 3. The van der Waals surface area contributed by atoms with Crippen LogP contribution in [0.3, 0.4) is 0 Å². The van der Waals surface area contributed by atoms with Gasteiger partial charge in [-0.05, 0) is 0 Å². The van der Waals surface area contributed by atoms with Gasteiger partial charge in [-0.3, -0.25) is 9.36 Å². The average Bonchev–Trinajstić information content (AvgIpc) is 3.05. The molecule has 23 heavy (non-hydrogen) atoms. The highest BCUT2D eigenvalue weighted by atomic mass is 31.1. The number of aldehydes is 1. The van der Waals surface area contributed by atoms with Gasteiger partial charge < -0.3 is 20.6 Å². The van der Waals surface area contributed by atoms with Crippen molar-refractivity contribution >= 4 is 32.1 Å². The molecule has 122 valence electrons. The molecule has 2 aliphatic rings. The van der Waals surface area contributed by atoms with E-state index in [0.717, 1.165) is 0 Å². The van der Waals surface area contributed by atoms with Crippen molar-refractivity contribution in [2.45, 2.75) is 18.9 Å². The Morgan fingerprint density at radius 3 is 3.13 bits per heavy atom. The van der Waals surface area contributed by atoms with E-state index in [0.29, 0.717) is 17.8 Å². The minimum atomic E-state index is -2.86. The number of imidazole rings is 1. The van der Waals surface area contributed by atoms with E-state index >= 15 is 0 Å². The molecule has 0 saturated carbocycles. The van der Waals surface area contributed by atoms with Crippen molar-refractivity contribution < 1.29 is 28.3 Å². The summed E-state index contributed by atoms with van der Waals surface area (Å²) in [7, 11) is -2.86. The number of ether oxygens (including phenoxy) is 1. The van der Waals surface area contributed by atoms with Gasteiger partial charge in [0.1, 0.15) is 36.4 Å². The van der Waals surface area contributed by atoms with Crippen LogP contribution in [0.2, 0.25) is 0 Å². The lowest BCUT2D eigenvalue weighted by Crippen LogP contribution is -2.29. The third-order valence-electron chi connectivity index (χ3n) is 3.53. The number of hydrogen-bond acceptors (Lipinski definition) is 9. The fourth-order valence-electron chi connectivity index (χ4n) is 2.47. The minimum absolute atomic E-state index is 0.184. The van der Waals surface area contributed by atoms with Crippen LogP contribution in [0, 0.1) is 5.92 Å². The van der Waals surface area contributed by atoms with Gasteiger partial charge in [-0.25, -0.2) is 9.98 Å². The molecule has 1 saturated heterocycles. The van der Waals surface area contributed by atoms with Crippen LogP contribution in [0.25, 0.3) is 0 Å². The number of anilines is 1. The Morgan fingerprint density at radius 1 is 1.65 bits per heavy atom. The van der Waals surface area contributed by atoms with E-state index in [-0.39, 0.29) is 12.5 Å². The first kappa shape index (κ1) is 15.7. The SMILES string of the molecule is NC1=NCc2ncn(C3OC(CO[P+](=O)O)C(=O)C3C=O)c2N1. The zero-order valence-corrected chi connectivity index (χ0v) is 12.6. The second-order valence-electron chi connectivity index (χ2n) is 4.89. The molecule has 11 nitrogen and oxygen atoms in total. The minimum Gasteiger partial charge on any atom is -0.370 e. The molecule has 0 radical (unpaired) electrons. The molecule has 0 bridgehead atoms. The van der Waals surface area contributed by atoms with Gasteiger partial charge in [-0.2, -0.15) is 0 Å². The lowest BCUT2D eigenvalue weighted by molar-refractivity contribution is -0.127. The maximum atomic E-state index is 12.2. The number of carbonyl (C=O) groups is 2. The Morgan fingerprint density at radius 2 is 2.43 bits per heavy atom. The summed E-state index contributed by atoms with van der Waals surface area (Å²) in [6.45, 7) is -0.148. The molecule has 3 heterocycles. The summed E-state index contributed by atoms with van der Waals surface area (Å²) >= 11 is 0. The number of ketones is 1. The fraction of sp³-hybridized carbons (Fsp3) is 0.455. The lowest BCUT2D eigenvalue weighted by Gasteiger charge is -2.20. The summed E-state index contributed by atoms with van der Waals surface area (Å²) in [6, 6.07) is 0. The number of nitrogens with one attached hydrogen (secondary N) is 1. The summed E-state index contributed by atoms with van der Waals surface area (Å²) < 4.78 is 22.1. The normalized spacial score (nSPS) is 27.2. The molecule has 2 aliphatic heterocycles. The molecule has 4 atom stereocenters. The van der Waals surface area contributed by atoms with Crippen LogP contribution in [-0.4, -0.2) is 45.2 Å². The first-order chi connectivity index (χ1) is 11.0. The van der Waals surface area contributed by atoms with E-state index in [4.69, 9.17) is 15.4 Å². The molecule has 1 aromatic rings. The first-order valence-corrected chi connectivity index (χ1v) is 7.70. The standard InChI is InChI=1S/C11H12N5O6P/c12-11-13-1-6-9(15-11)16(4-14-6)10-5(2-17)8(18)7(22-10)3-21-23(19)20/h2,4-5,7,10H,1,3H2,(H3-,12,13,15,19,20)/p+1. The molecular formula is C11H13N5O6P+. The van der Waals surface area contributed by atoms with E-state index in [1.807, 2.05) is 0 Å². The quantitative estimate of drug-likeness (QED) is 0.349. The monoisotopic (exact) mass is 342 g/mol. The number of carbonyl (C=O) groups excluding carboxylic acids is 2. The van der Waals surface area contributed by atoms with Crippen molar-refractivity contribution in [2.75, 3.05) is 11.9 Å². The van der Waals surface area contributed by atoms with Crippen LogP contribution in [-0.2, 0) is 30.0 Å². The van der Waals surface area contributed by atoms with Gasteiger partial charge in [0.05, 0.1) is 12.9 Å². The number of Topliss-reactive ketones (excluding diaryl/α,β-unsaturated/α-hetero) is 1. The van der Waals surface area contributed by atoms with E-state index in [1.165, 1.54) is 10.9 Å². The highest BCUT2D eigenvalue weighted by Gasteiger charge is 2.46. The fourth-order valence-corrected chi connectivity index (χ4v) is 2.73. The molecule has 0 spiro atoms. The molecule has 0 amide bonds. The first-order valence-electron chi connectivity index (χ1n) is 6.57. The van der Waals surface area contributed by atoms with Crippen molar-refractivity contribution in [3.05, 3.63) is 12.0 Å². The third-order valence-corrected chi connectivity index (χ3v) is 3.90. The van der Waals surface area contributed by atoms with Crippen molar-refractivity contribution in [3.63, 3.8) is 0 Å². The Balaban J connectivity index is 1.85. The lowest BCUT2D eigenvalue weighted by atomic mass is 10.0. The molecule has 0 aliphatic carbocycles. The number of nitrogens with zero attached hydrogens (tertiary/aromatic N) is 3. The molecule has 1 fully saturated rings. The molecule has 0 aromatic carbocycles. The van der Waals surface area contributed by atoms with Gasteiger partial charge in [0.2, 0.25) is 0 Å². The van der Waals surface area contributed by atoms with Gasteiger partial charge in [-0.15, -0.1) is 9.42 Å². The maximum absolute atomic E-state index is 12.2. The molecular weight excluding hydrogens is 329 g/mol. The largest absolute Gasteiger partial charge is 0.694 e. The predicted molar refractivity (Wildman–Crippen MR) is 75.4 cm³/mol. The van der Waals surface area contributed by atoms with Crippen LogP contribution in [0.15, 0.2) is 11.3 Å². The van der Waals surface area contributed by atoms with Gasteiger partial charge in [0.25, 0.3) is 0 Å². The van der Waals surface area contributed by atoms with Crippen LogP contribution < -0.4 is 11.1 Å². The Kier molecular flexibility index (Phi) is 4.18. The van der Waals surface area contributed by atoms with Crippen molar-refractivity contribution in [1.29, 1.82) is 0 Å². The van der Waals surface area contributed by atoms with Crippen molar-refractivity contribution in [1.82, 2.24) is 9.55 Å². The zero-order chi connectivity index (χ0) is 16.6. The number of rotatable bonds is 5. The maximum Gasteiger partial charge on any atom is 0.694 e. The summed E-state index contributed by atoms with van der Waals surface area (Å²) in [5.41, 5.74) is 6.21. The topological polar surface area (TPSA) is 158 Å². The Hall–Kier alpha value is -2.20. The average molecular weight is 342 g/mol. The van der Waals surface area contributed by atoms with Crippen molar-refractivity contribution in [3.8, 4) is 0 Å². The smallest absolute Gasteiger partial charge is 0.370 e.